The van der Waals surface area contributed by atoms with Crippen LogP contribution in [0.1, 0.15) is 24.1 Å². The molecule has 3 aromatic rings. The van der Waals surface area contributed by atoms with Crippen molar-refractivity contribution in [3.8, 4) is 5.69 Å². The zero-order valence-corrected chi connectivity index (χ0v) is 18.9. The molecule has 0 saturated heterocycles. The fourth-order valence-electron chi connectivity index (χ4n) is 2.87. The third kappa shape index (κ3) is 5.09. The molecule has 2 aromatic carbocycles. The van der Waals surface area contributed by atoms with Crippen molar-refractivity contribution in [1.82, 2.24) is 19.7 Å². The van der Waals surface area contributed by atoms with Gasteiger partial charge in [0.25, 0.3) is 0 Å². The number of benzene rings is 2. The van der Waals surface area contributed by atoms with E-state index in [4.69, 9.17) is 0 Å². The lowest BCUT2D eigenvalue weighted by Crippen LogP contribution is -2.31. The number of thioether (sulfide) groups is 1. The predicted octanol–water partition coefficient (Wildman–Crippen LogP) is 3.29. The molecule has 7 nitrogen and oxygen atoms in total. The maximum atomic E-state index is 12.7. The van der Waals surface area contributed by atoms with E-state index >= 15 is 0 Å². The number of nitrogens with zero attached hydrogens (tertiary/aromatic N) is 4. The number of hydrogen-bond acceptors (Lipinski definition) is 6. The molecule has 0 radical (unpaired) electrons. The SMILES string of the molecule is Cc1ccc(-n2cnnc2SCC(=O)N(C)C(C)c2ccc(S(C)(=O)=O)cc2)cc1. The molecule has 0 aliphatic rings. The van der Waals surface area contributed by atoms with E-state index in [0.717, 1.165) is 16.8 Å². The number of aromatic nitrogens is 3. The monoisotopic (exact) mass is 444 g/mol. The molecule has 30 heavy (non-hydrogen) atoms. The quantitative estimate of drug-likeness (QED) is 0.520. The third-order valence-electron chi connectivity index (χ3n) is 4.92. The van der Waals surface area contributed by atoms with Gasteiger partial charge in [0, 0.05) is 19.0 Å². The second-order valence-corrected chi connectivity index (χ2v) is 10.1. The molecule has 1 heterocycles. The van der Waals surface area contributed by atoms with Crippen LogP contribution in [0.2, 0.25) is 0 Å². The number of rotatable bonds is 7. The summed E-state index contributed by atoms with van der Waals surface area (Å²) >= 11 is 1.33. The number of carbonyl (C=O) groups is 1. The van der Waals surface area contributed by atoms with Crippen molar-refractivity contribution in [1.29, 1.82) is 0 Å². The minimum atomic E-state index is -3.24. The number of hydrogen-bond donors (Lipinski definition) is 0. The minimum Gasteiger partial charge on any atom is -0.338 e. The summed E-state index contributed by atoms with van der Waals surface area (Å²) < 4.78 is 25.1. The lowest BCUT2D eigenvalue weighted by molar-refractivity contribution is -0.128. The zero-order valence-electron chi connectivity index (χ0n) is 17.3. The first kappa shape index (κ1) is 22.0. The van der Waals surface area contributed by atoms with Gasteiger partial charge < -0.3 is 4.90 Å². The molecule has 1 amide bonds. The van der Waals surface area contributed by atoms with E-state index in [1.807, 2.05) is 42.7 Å². The van der Waals surface area contributed by atoms with Gasteiger partial charge in [-0.3, -0.25) is 9.36 Å². The van der Waals surface area contributed by atoms with E-state index in [9.17, 15) is 13.2 Å². The van der Waals surface area contributed by atoms with E-state index in [1.165, 1.54) is 18.0 Å². The highest BCUT2D eigenvalue weighted by Gasteiger charge is 2.19. The topological polar surface area (TPSA) is 85.2 Å². The van der Waals surface area contributed by atoms with Crippen LogP contribution in [0.5, 0.6) is 0 Å². The van der Waals surface area contributed by atoms with Crippen LogP contribution in [0.3, 0.4) is 0 Å². The summed E-state index contributed by atoms with van der Waals surface area (Å²) in [5, 5.41) is 8.75. The van der Waals surface area contributed by atoms with Crippen molar-refractivity contribution in [2.45, 2.75) is 29.9 Å². The van der Waals surface area contributed by atoms with Gasteiger partial charge in [-0.2, -0.15) is 0 Å². The highest BCUT2D eigenvalue weighted by atomic mass is 32.2. The van der Waals surface area contributed by atoms with Gasteiger partial charge >= 0.3 is 0 Å². The Morgan fingerprint density at radius 3 is 2.37 bits per heavy atom. The summed E-state index contributed by atoms with van der Waals surface area (Å²) in [6, 6.07) is 14.4. The Morgan fingerprint density at radius 1 is 1.13 bits per heavy atom. The third-order valence-corrected chi connectivity index (χ3v) is 6.97. The van der Waals surface area contributed by atoms with Crippen molar-refractivity contribution in [3.63, 3.8) is 0 Å². The molecule has 1 aromatic heterocycles. The van der Waals surface area contributed by atoms with Crippen LogP contribution >= 0.6 is 11.8 Å². The van der Waals surface area contributed by atoms with E-state index in [-0.39, 0.29) is 22.6 Å². The average Bonchev–Trinajstić information content (AvgIpc) is 3.19. The summed E-state index contributed by atoms with van der Waals surface area (Å²) in [5.74, 6) is 0.158. The van der Waals surface area contributed by atoms with Gasteiger partial charge in [0.2, 0.25) is 5.91 Å². The number of amides is 1. The first-order valence-corrected chi connectivity index (χ1v) is 12.2. The second-order valence-electron chi connectivity index (χ2n) is 7.13. The van der Waals surface area contributed by atoms with Crippen LogP contribution in [0.25, 0.3) is 5.69 Å². The maximum absolute atomic E-state index is 12.7. The number of aryl methyl sites for hydroxylation is 1. The van der Waals surface area contributed by atoms with Gasteiger partial charge in [0.05, 0.1) is 16.7 Å². The fraction of sp³-hybridized carbons (Fsp3) is 0.286. The highest BCUT2D eigenvalue weighted by Crippen LogP contribution is 2.24. The van der Waals surface area contributed by atoms with Gasteiger partial charge in [0.1, 0.15) is 6.33 Å². The van der Waals surface area contributed by atoms with Gasteiger partial charge in [-0.1, -0.05) is 41.6 Å². The Hall–Kier alpha value is -2.65. The zero-order chi connectivity index (χ0) is 21.9. The molecule has 0 fully saturated rings. The number of carbonyl (C=O) groups excluding carboxylic acids is 1. The highest BCUT2D eigenvalue weighted by molar-refractivity contribution is 7.99. The molecule has 0 aliphatic carbocycles. The Labute approximate surface area is 181 Å². The van der Waals surface area contributed by atoms with Crippen LogP contribution in [0.15, 0.2) is 64.9 Å². The smallest absolute Gasteiger partial charge is 0.233 e. The summed E-state index contributed by atoms with van der Waals surface area (Å²) in [5.41, 5.74) is 2.97. The van der Waals surface area contributed by atoms with E-state index in [1.54, 1.807) is 42.5 Å². The summed E-state index contributed by atoms with van der Waals surface area (Å²) in [6.45, 7) is 3.93. The van der Waals surface area contributed by atoms with Crippen LogP contribution in [0.4, 0.5) is 0 Å². The van der Waals surface area contributed by atoms with Crippen LogP contribution in [-0.2, 0) is 14.6 Å². The van der Waals surface area contributed by atoms with Crippen molar-refractivity contribution in [3.05, 3.63) is 66.0 Å². The molecule has 1 atom stereocenters. The van der Waals surface area contributed by atoms with Gasteiger partial charge in [-0.25, -0.2) is 8.42 Å². The standard InChI is InChI=1S/C21H24N4O3S2/c1-15-5-9-18(10-6-15)25-14-22-23-21(25)29-13-20(26)24(3)16(2)17-7-11-19(12-8-17)30(4,27)28/h5-12,14,16H,13H2,1-4H3. The first-order valence-electron chi connectivity index (χ1n) is 9.32. The second kappa shape index (κ2) is 9.01. The van der Waals surface area contributed by atoms with E-state index in [0.29, 0.717) is 5.16 Å². The van der Waals surface area contributed by atoms with Crippen molar-refractivity contribution in [2.24, 2.45) is 0 Å². The molecule has 1 unspecified atom stereocenters. The molecule has 0 N–H and O–H groups in total. The van der Waals surface area contributed by atoms with E-state index in [2.05, 4.69) is 10.2 Å². The molecule has 158 valence electrons. The van der Waals surface area contributed by atoms with Crippen molar-refractivity contribution in [2.75, 3.05) is 19.1 Å². The lowest BCUT2D eigenvalue weighted by atomic mass is 10.1. The Bertz CT molecular complexity index is 1120. The van der Waals surface area contributed by atoms with E-state index < -0.39 is 9.84 Å². The molecular formula is C21H24N4O3S2. The largest absolute Gasteiger partial charge is 0.338 e. The molecule has 3 rings (SSSR count). The Kier molecular flexibility index (Phi) is 6.62. The Morgan fingerprint density at radius 2 is 1.77 bits per heavy atom. The van der Waals surface area contributed by atoms with Gasteiger partial charge in [0.15, 0.2) is 15.0 Å². The first-order chi connectivity index (χ1) is 14.2. The molecule has 0 saturated carbocycles. The molecule has 0 spiro atoms. The van der Waals surface area contributed by atoms with Gasteiger partial charge in [-0.15, -0.1) is 10.2 Å². The van der Waals surface area contributed by atoms with Gasteiger partial charge in [-0.05, 0) is 43.7 Å². The summed E-state index contributed by atoms with van der Waals surface area (Å²) in [6.07, 6.45) is 2.81. The average molecular weight is 445 g/mol. The van der Waals surface area contributed by atoms with Crippen molar-refractivity contribution >= 4 is 27.5 Å². The summed E-state index contributed by atoms with van der Waals surface area (Å²) in [4.78, 5) is 14.6. The van der Waals surface area contributed by atoms with Crippen LogP contribution in [-0.4, -0.2) is 53.0 Å². The molecule has 0 aliphatic heterocycles. The minimum absolute atomic E-state index is 0.0573. The lowest BCUT2D eigenvalue weighted by Gasteiger charge is -2.25. The Balaban J connectivity index is 1.65. The number of sulfone groups is 1. The summed E-state index contributed by atoms with van der Waals surface area (Å²) in [7, 11) is -1.51. The normalized spacial score (nSPS) is 12.5. The molecule has 9 heteroatoms. The maximum Gasteiger partial charge on any atom is 0.233 e. The molecule has 0 bridgehead atoms. The van der Waals surface area contributed by atoms with Crippen molar-refractivity contribution < 1.29 is 13.2 Å². The predicted molar refractivity (Wildman–Crippen MR) is 118 cm³/mol. The van der Waals surface area contributed by atoms with Crippen LogP contribution in [0, 0.1) is 6.92 Å². The fourth-order valence-corrected chi connectivity index (χ4v) is 4.35. The molecular weight excluding hydrogens is 420 g/mol. The van der Waals surface area contributed by atoms with Crippen LogP contribution < -0.4 is 0 Å².